The highest BCUT2D eigenvalue weighted by molar-refractivity contribution is 5.96. The molecule has 3 nitrogen and oxygen atoms in total. The van der Waals surface area contributed by atoms with E-state index < -0.39 is 18.4 Å². The highest BCUT2D eigenvalue weighted by atomic mass is 19.3. The number of aliphatic imine (C=N–C) groups is 1. The van der Waals surface area contributed by atoms with Crippen LogP contribution in [0.4, 0.5) is 8.78 Å². The third-order valence-corrected chi connectivity index (χ3v) is 0.949. The highest BCUT2D eigenvalue weighted by Crippen LogP contribution is 2.07. The molecule has 0 bridgehead atoms. The molecule has 5 heteroatoms. The van der Waals surface area contributed by atoms with Gasteiger partial charge in [-0.15, -0.1) is 0 Å². The van der Waals surface area contributed by atoms with Crippen LogP contribution in [0.5, 0.6) is 0 Å². The first-order valence-corrected chi connectivity index (χ1v) is 2.32. The van der Waals surface area contributed by atoms with Crippen LogP contribution in [0.2, 0.25) is 0 Å². The smallest absolute Gasteiger partial charge is 0.269 e. The first kappa shape index (κ1) is 6.12. The van der Waals surface area contributed by atoms with Gasteiger partial charge in [-0.1, -0.05) is 0 Å². The second kappa shape index (κ2) is 2.08. The number of nitrogens with zero attached hydrogens (tertiary/aromatic N) is 1. The first-order chi connectivity index (χ1) is 4.22. The van der Waals surface area contributed by atoms with Gasteiger partial charge in [0.15, 0.2) is 6.04 Å². The van der Waals surface area contributed by atoms with Crippen LogP contribution in [-0.2, 0) is 4.79 Å². The van der Waals surface area contributed by atoms with Gasteiger partial charge in [0.25, 0.3) is 12.3 Å². The van der Waals surface area contributed by atoms with Gasteiger partial charge in [0.1, 0.15) is 0 Å². The van der Waals surface area contributed by atoms with E-state index in [1.165, 1.54) is 0 Å². The predicted molar refractivity (Wildman–Crippen MR) is 26.4 cm³/mol. The summed E-state index contributed by atoms with van der Waals surface area (Å²) in [6.45, 7) is 0. The van der Waals surface area contributed by atoms with Crippen molar-refractivity contribution in [1.29, 1.82) is 0 Å². The van der Waals surface area contributed by atoms with Crippen molar-refractivity contribution in [1.82, 2.24) is 5.32 Å². The van der Waals surface area contributed by atoms with Gasteiger partial charge in [0, 0.05) is 0 Å². The molecule has 0 saturated carbocycles. The summed E-state index contributed by atoms with van der Waals surface area (Å²) in [6, 6.07) is -1.48. The number of halogens is 2. The second-order valence-corrected chi connectivity index (χ2v) is 1.57. The Bertz CT molecular complexity index is 157. The second-order valence-electron chi connectivity index (χ2n) is 1.57. The number of amides is 1. The van der Waals surface area contributed by atoms with Crippen LogP contribution >= 0.6 is 0 Å². The van der Waals surface area contributed by atoms with E-state index in [-0.39, 0.29) is 0 Å². The molecule has 50 valence electrons. The van der Waals surface area contributed by atoms with Crippen molar-refractivity contribution in [2.45, 2.75) is 12.5 Å². The van der Waals surface area contributed by atoms with E-state index in [0.29, 0.717) is 0 Å². The molecule has 1 heterocycles. The molecule has 1 N–H and O–H groups in total. The van der Waals surface area contributed by atoms with Crippen molar-refractivity contribution in [3.8, 4) is 0 Å². The Hall–Kier alpha value is -1.00. The zero-order valence-electron chi connectivity index (χ0n) is 4.34. The summed E-state index contributed by atoms with van der Waals surface area (Å²) in [5.74, 6) is -0.731. The van der Waals surface area contributed by atoms with Gasteiger partial charge in [0.05, 0.1) is 6.34 Å². The summed E-state index contributed by atoms with van der Waals surface area (Å²) in [7, 11) is 0. The van der Waals surface area contributed by atoms with E-state index >= 15 is 0 Å². The molecule has 0 aromatic carbocycles. The Kier molecular flexibility index (Phi) is 1.42. The van der Waals surface area contributed by atoms with Gasteiger partial charge in [-0.2, -0.15) is 0 Å². The van der Waals surface area contributed by atoms with Crippen LogP contribution in [0, 0.1) is 0 Å². The summed E-state index contributed by atoms with van der Waals surface area (Å²) >= 11 is 0. The molecule has 0 aliphatic carbocycles. The standard InChI is InChI=1S/C4H4F2N2O/c5-3(6)2-4(9)8-1-7-2/h1-3H,(H,7,8,9). The Morgan fingerprint density at radius 3 is 2.67 bits per heavy atom. The maximum atomic E-state index is 11.6. The van der Waals surface area contributed by atoms with Crippen molar-refractivity contribution < 1.29 is 13.6 Å². The van der Waals surface area contributed by atoms with Crippen molar-refractivity contribution >= 4 is 12.2 Å². The van der Waals surface area contributed by atoms with Crippen molar-refractivity contribution in [2.24, 2.45) is 4.99 Å². The zero-order chi connectivity index (χ0) is 6.85. The van der Waals surface area contributed by atoms with Gasteiger partial charge in [-0.05, 0) is 0 Å². The Labute approximate surface area is 49.8 Å². The molecule has 1 aliphatic rings. The summed E-state index contributed by atoms with van der Waals surface area (Å²) in [5, 5.41) is 2.04. The van der Waals surface area contributed by atoms with Crippen molar-refractivity contribution in [2.75, 3.05) is 0 Å². The average molecular weight is 134 g/mol. The summed E-state index contributed by atoms with van der Waals surface area (Å²) in [4.78, 5) is 13.5. The van der Waals surface area contributed by atoms with E-state index in [9.17, 15) is 13.6 Å². The van der Waals surface area contributed by atoms with E-state index in [1.807, 2.05) is 5.32 Å². The lowest BCUT2D eigenvalue weighted by molar-refractivity contribution is -0.122. The van der Waals surface area contributed by atoms with Gasteiger partial charge in [-0.3, -0.25) is 9.79 Å². The minimum absolute atomic E-state index is 0.731. The monoisotopic (exact) mass is 134 g/mol. The fourth-order valence-corrected chi connectivity index (χ4v) is 0.514. The van der Waals surface area contributed by atoms with E-state index in [4.69, 9.17) is 0 Å². The molecule has 1 amide bonds. The quantitative estimate of drug-likeness (QED) is 0.529. The van der Waals surface area contributed by atoms with Crippen LogP contribution in [0.3, 0.4) is 0 Å². The van der Waals surface area contributed by atoms with E-state index in [1.54, 1.807) is 0 Å². The Balaban J connectivity index is 2.59. The molecule has 9 heavy (non-hydrogen) atoms. The fraction of sp³-hybridized carbons (Fsp3) is 0.500. The molecule has 0 radical (unpaired) electrons. The number of rotatable bonds is 1. The Morgan fingerprint density at radius 2 is 2.44 bits per heavy atom. The lowest BCUT2D eigenvalue weighted by Crippen LogP contribution is -2.29. The number of hydrogen-bond acceptors (Lipinski definition) is 2. The van der Waals surface area contributed by atoms with Crippen molar-refractivity contribution in [3.63, 3.8) is 0 Å². The summed E-state index contributed by atoms with van der Waals surface area (Å²) in [5.41, 5.74) is 0. The van der Waals surface area contributed by atoms with Crippen LogP contribution in [0.25, 0.3) is 0 Å². The number of alkyl halides is 2. The minimum atomic E-state index is -2.69. The maximum absolute atomic E-state index is 11.6. The number of carbonyl (C=O) groups is 1. The molecule has 0 fully saturated rings. The lowest BCUT2D eigenvalue weighted by Gasteiger charge is -1.99. The minimum Gasteiger partial charge on any atom is -0.315 e. The van der Waals surface area contributed by atoms with Gasteiger partial charge < -0.3 is 5.32 Å². The molecule has 0 aromatic rings. The first-order valence-electron chi connectivity index (χ1n) is 2.32. The van der Waals surface area contributed by atoms with Gasteiger partial charge >= 0.3 is 0 Å². The molecule has 1 unspecified atom stereocenters. The summed E-state index contributed by atoms with van der Waals surface area (Å²) < 4.78 is 23.2. The SMILES string of the molecule is O=C1NC=NC1C(F)F. The number of carbonyl (C=O) groups excluding carboxylic acids is 1. The third kappa shape index (κ3) is 1.04. The zero-order valence-corrected chi connectivity index (χ0v) is 4.34. The number of hydrogen-bond donors (Lipinski definition) is 1. The average Bonchev–Trinajstić information content (AvgIpc) is 2.13. The third-order valence-electron chi connectivity index (χ3n) is 0.949. The van der Waals surface area contributed by atoms with E-state index in [0.717, 1.165) is 6.34 Å². The van der Waals surface area contributed by atoms with Crippen LogP contribution in [0.15, 0.2) is 4.99 Å². The lowest BCUT2D eigenvalue weighted by atomic mass is 10.3. The molecular weight excluding hydrogens is 130 g/mol. The number of nitrogens with one attached hydrogen (secondary N) is 1. The van der Waals surface area contributed by atoms with E-state index in [2.05, 4.69) is 4.99 Å². The predicted octanol–water partition coefficient (Wildman–Crippen LogP) is -0.222. The molecule has 0 spiro atoms. The van der Waals surface area contributed by atoms with Crippen LogP contribution < -0.4 is 5.32 Å². The molecule has 1 rings (SSSR count). The summed E-state index contributed by atoms with van der Waals surface area (Å²) in [6.07, 6.45) is -1.71. The van der Waals surface area contributed by atoms with Gasteiger partial charge in [0.2, 0.25) is 0 Å². The molecule has 1 atom stereocenters. The molecular formula is C4H4F2N2O. The molecule has 0 aromatic heterocycles. The van der Waals surface area contributed by atoms with Crippen LogP contribution in [0.1, 0.15) is 0 Å². The van der Waals surface area contributed by atoms with Crippen molar-refractivity contribution in [3.05, 3.63) is 0 Å². The van der Waals surface area contributed by atoms with Crippen LogP contribution in [-0.4, -0.2) is 24.7 Å². The van der Waals surface area contributed by atoms with Gasteiger partial charge in [-0.25, -0.2) is 8.78 Å². The largest absolute Gasteiger partial charge is 0.315 e. The topological polar surface area (TPSA) is 41.5 Å². The maximum Gasteiger partial charge on any atom is 0.269 e. The Morgan fingerprint density at radius 1 is 1.78 bits per heavy atom. The molecule has 1 aliphatic heterocycles. The normalized spacial score (nSPS) is 25.2. The molecule has 0 saturated heterocycles. The highest BCUT2D eigenvalue weighted by Gasteiger charge is 2.29. The fourth-order valence-electron chi connectivity index (χ4n) is 0.514.